The van der Waals surface area contributed by atoms with Gasteiger partial charge < -0.3 is 4.90 Å². The van der Waals surface area contributed by atoms with E-state index in [0.717, 1.165) is 0 Å². The molecule has 3 N–H and O–H groups in total. The number of nitrogens with two attached hydrogens (primary N) is 1. The number of nitrogens with one attached hydrogen (secondary N) is 1. The van der Waals surface area contributed by atoms with E-state index in [1.165, 1.54) is 12.4 Å². The second-order valence-corrected chi connectivity index (χ2v) is 5.63. The lowest BCUT2D eigenvalue weighted by Crippen LogP contribution is -2.32. The van der Waals surface area contributed by atoms with Crippen LogP contribution in [0.3, 0.4) is 0 Å². The van der Waals surface area contributed by atoms with Crippen molar-refractivity contribution in [1.29, 1.82) is 0 Å². The number of sulfonamides is 1. The van der Waals surface area contributed by atoms with Gasteiger partial charge >= 0.3 is 0 Å². The maximum Gasteiger partial charge on any atom is 0.285 e. The smallest absolute Gasteiger partial charge is 0.285 e. The van der Waals surface area contributed by atoms with Gasteiger partial charge in [-0.05, 0) is 18.6 Å². The molecule has 7 nitrogen and oxygen atoms in total. The normalized spacial score (nSPS) is 15.9. The SMILES string of the molecule is NNC(=O)CCCN1C=NS(=O)(=O)c2ccccc21. The van der Waals surface area contributed by atoms with Crippen LogP contribution in [0.4, 0.5) is 5.69 Å². The molecule has 1 amide bonds. The number of amides is 1. The predicted molar refractivity (Wildman–Crippen MR) is 71.0 cm³/mol. The summed E-state index contributed by atoms with van der Waals surface area (Å²) in [4.78, 5) is 12.9. The van der Waals surface area contributed by atoms with Crippen LogP contribution in [0.25, 0.3) is 0 Å². The summed E-state index contributed by atoms with van der Waals surface area (Å²) in [7, 11) is -3.59. The molecule has 19 heavy (non-hydrogen) atoms. The Balaban J connectivity index is 2.14. The molecule has 102 valence electrons. The number of carbonyl (C=O) groups excluding carboxylic acids is 1. The minimum atomic E-state index is -3.59. The van der Waals surface area contributed by atoms with Crippen LogP contribution >= 0.6 is 0 Å². The number of nitrogens with zero attached hydrogens (tertiary/aromatic N) is 2. The lowest BCUT2D eigenvalue weighted by atomic mass is 10.2. The standard InChI is InChI=1S/C11H14N4O3S/c12-14-11(16)6-3-7-15-8-13-19(17,18)10-5-2-1-4-9(10)15/h1-2,4-5,8H,3,6-7,12H2,(H,14,16). The number of rotatable bonds is 4. The first-order valence-corrected chi connectivity index (χ1v) is 7.14. The van der Waals surface area contributed by atoms with E-state index >= 15 is 0 Å². The second kappa shape index (κ2) is 5.37. The van der Waals surface area contributed by atoms with Crippen LogP contribution in [0.2, 0.25) is 0 Å². The Labute approximate surface area is 111 Å². The summed E-state index contributed by atoms with van der Waals surface area (Å²) in [5.41, 5.74) is 2.62. The van der Waals surface area contributed by atoms with Gasteiger partial charge in [-0.25, -0.2) is 5.84 Å². The fourth-order valence-corrected chi connectivity index (χ4v) is 2.86. The molecule has 0 radical (unpaired) electrons. The Morgan fingerprint density at radius 2 is 2.11 bits per heavy atom. The largest absolute Gasteiger partial charge is 0.331 e. The second-order valence-electron chi connectivity index (χ2n) is 4.03. The molecule has 1 aliphatic rings. The van der Waals surface area contributed by atoms with Crippen LogP contribution in [0.5, 0.6) is 0 Å². The summed E-state index contributed by atoms with van der Waals surface area (Å²) >= 11 is 0. The molecule has 0 saturated heterocycles. The van der Waals surface area contributed by atoms with Crippen LogP contribution < -0.4 is 16.2 Å². The monoisotopic (exact) mass is 282 g/mol. The van der Waals surface area contributed by atoms with Crippen molar-refractivity contribution in [2.45, 2.75) is 17.7 Å². The van der Waals surface area contributed by atoms with Crippen molar-refractivity contribution >= 4 is 28.0 Å². The van der Waals surface area contributed by atoms with E-state index in [2.05, 4.69) is 4.40 Å². The van der Waals surface area contributed by atoms with Crippen molar-refractivity contribution in [2.24, 2.45) is 10.2 Å². The molecule has 1 aromatic rings. The number of anilines is 1. The molecule has 0 unspecified atom stereocenters. The molecular formula is C11H14N4O3S. The fourth-order valence-electron chi connectivity index (χ4n) is 1.81. The maximum atomic E-state index is 11.7. The highest BCUT2D eigenvalue weighted by Crippen LogP contribution is 2.29. The van der Waals surface area contributed by atoms with Crippen molar-refractivity contribution in [3.05, 3.63) is 24.3 Å². The lowest BCUT2D eigenvalue weighted by Gasteiger charge is -2.24. The molecule has 1 aliphatic heterocycles. The van der Waals surface area contributed by atoms with E-state index in [1.807, 2.05) is 5.43 Å². The lowest BCUT2D eigenvalue weighted by molar-refractivity contribution is -0.121. The van der Waals surface area contributed by atoms with E-state index < -0.39 is 10.0 Å². The molecule has 0 atom stereocenters. The Kier molecular flexibility index (Phi) is 3.82. The third-order valence-electron chi connectivity index (χ3n) is 2.74. The number of carbonyl (C=O) groups is 1. The zero-order chi connectivity index (χ0) is 13.9. The molecule has 8 heteroatoms. The quantitative estimate of drug-likeness (QED) is 0.459. The number of benzene rings is 1. The number of hydrazine groups is 1. The Hall–Kier alpha value is -1.93. The van der Waals surface area contributed by atoms with Crippen molar-refractivity contribution in [2.75, 3.05) is 11.4 Å². The third kappa shape index (κ3) is 2.91. The average molecular weight is 282 g/mol. The first-order chi connectivity index (χ1) is 9.04. The van der Waals surface area contributed by atoms with Crippen LogP contribution in [-0.2, 0) is 14.8 Å². The van der Waals surface area contributed by atoms with Gasteiger partial charge in [0.05, 0.1) is 5.69 Å². The Morgan fingerprint density at radius 3 is 2.84 bits per heavy atom. The number of fused-ring (bicyclic) bond motifs is 1. The van der Waals surface area contributed by atoms with E-state index in [-0.39, 0.29) is 17.2 Å². The summed E-state index contributed by atoms with van der Waals surface area (Å²) in [5.74, 6) is 4.73. The zero-order valence-corrected chi connectivity index (χ0v) is 10.9. The fraction of sp³-hybridized carbons (Fsp3) is 0.273. The first kappa shape index (κ1) is 13.5. The highest BCUT2D eigenvalue weighted by atomic mass is 32.2. The summed E-state index contributed by atoms with van der Waals surface area (Å²) in [6.45, 7) is 0.490. The minimum Gasteiger partial charge on any atom is -0.331 e. The number of para-hydroxylation sites is 1. The molecule has 0 fully saturated rings. The molecule has 1 aromatic carbocycles. The van der Waals surface area contributed by atoms with E-state index in [0.29, 0.717) is 18.7 Å². The summed E-state index contributed by atoms with van der Waals surface area (Å²) in [5, 5.41) is 0. The van der Waals surface area contributed by atoms with Crippen LogP contribution in [0, 0.1) is 0 Å². The van der Waals surface area contributed by atoms with Crippen molar-refractivity contribution in [3.8, 4) is 0 Å². The highest BCUT2D eigenvalue weighted by molar-refractivity contribution is 7.90. The number of hydrogen-bond donors (Lipinski definition) is 2. The summed E-state index contributed by atoms with van der Waals surface area (Å²) in [6.07, 6.45) is 2.09. The van der Waals surface area contributed by atoms with Gasteiger partial charge in [0.15, 0.2) is 0 Å². The van der Waals surface area contributed by atoms with Gasteiger partial charge in [-0.1, -0.05) is 12.1 Å². The van der Waals surface area contributed by atoms with Gasteiger partial charge in [-0.15, -0.1) is 4.40 Å². The van der Waals surface area contributed by atoms with E-state index in [4.69, 9.17) is 5.84 Å². The third-order valence-corrected chi connectivity index (χ3v) is 4.01. The molecule has 1 heterocycles. The number of hydrogen-bond acceptors (Lipinski definition) is 5. The van der Waals surface area contributed by atoms with Crippen molar-refractivity contribution in [3.63, 3.8) is 0 Å². The summed E-state index contributed by atoms with van der Waals surface area (Å²) < 4.78 is 27.0. The molecule has 0 spiro atoms. The van der Waals surface area contributed by atoms with Crippen LogP contribution in [-0.4, -0.2) is 27.2 Å². The molecule has 0 aliphatic carbocycles. The molecular weight excluding hydrogens is 268 g/mol. The molecule has 0 saturated carbocycles. The van der Waals surface area contributed by atoms with Crippen molar-refractivity contribution < 1.29 is 13.2 Å². The van der Waals surface area contributed by atoms with Gasteiger partial charge in [-0.3, -0.25) is 10.2 Å². The molecule has 0 bridgehead atoms. The van der Waals surface area contributed by atoms with Gasteiger partial charge in [0.25, 0.3) is 10.0 Å². The van der Waals surface area contributed by atoms with Crippen LogP contribution in [0.15, 0.2) is 33.6 Å². The van der Waals surface area contributed by atoms with Gasteiger partial charge in [0.1, 0.15) is 11.2 Å². The van der Waals surface area contributed by atoms with Gasteiger partial charge in [0.2, 0.25) is 5.91 Å². The Bertz CT molecular complexity index is 612. The predicted octanol–water partition coefficient (Wildman–Crippen LogP) is -0.00630. The van der Waals surface area contributed by atoms with E-state index in [1.54, 1.807) is 23.1 Å². The minimum absolute atomic E-state index is 0.181. The first-order valence-electron chi connectivity index (χ1n) is 5.70. The van der Waals surface area contributed by atoms with Crippen LogP contribution in [0.1, 0.15) is 12.8 Å². The maximum absolute atomic E-state index is 11.7. The Morgan fingerprint density at radius 1 is 1.37 bits per heavy atom. The summed E-state index contributed by atoms with van der Waals surface area (Å²) in [6, 6.07) is 6.63. The highest BCUT2D eigenvalue weighted by Gasteiger charge is 2.24. The average Bonchev–Trinajstić information content (AvgIpc) is 2.41. The van der Waals surface area contributed by atoms with Crippen molar-refractivity contribution in [1.82, 2.24) is 5.43 Å². The molecule has 0 aromatic heterocycles. The topological polar surface area (TPSA) is 105 Å². The van der Waals surface area contributed by atoms with Gasteiger partial charge in [-0.2, -0.15) is 8.42 Å². The molecule has 2 rings (SSSR count). The van der Waals surface area contributed by atoms with E-state index in [9.17, 15) is 13.2 Å². The van der Waals surface area contributed by atoms with Gasteiger partial charge in [0, 0.05) is 13.0 Å². The zero-order valence-electron chi connectivity index (χ0n) is 10.1.